The molecule has 1 aromatic heterocycles. The standard InChI is InChI=1S/C17H13ClF2N4O4S/c1-24-7-12(21-8-24)9-5-10(15(19)11(18)6-9)17(26)22-23-29(27,28)14-4-2-3-13(25)16(14)20/h2-8,23,25H,1H3,(H,22,26). The summed E-state index contributed by atoms with van der Waals surface area (Å²) in [5, 5.41) is 8.92. The summed E-state index contributed by atoms with van der Waals surface area (Å²) in [6.45, 7) is 0. The highest BCUT2D eigenvalue weighted by Crippen LogP contribution is 2.27. The first-order valence-corrected chi connectivity index (χ1v) is 9.73. The third-order valence-electron chi connectivity index (χ3n) is 3.80. The second-order valence-corrected chi connectivity index (χ2v) is 7.95. The van der Waals surface area contributed by atoms with Crippen LogP contribution in [0.1, 0.15) is 10.4 Å². The molecule has 0 aliphatic carbocycles. The molecule has 0 spiro atoms. The topological polar surface area (TPSA) is 113 Å². The summed E-state index contributed by atoms with van der Waals surface area (Å²) in [6, 6.07) is 5.34. The summed E-state index contributed by atoms with van der Waals surface area (Å²) in [5.41, 5.74) is 1.96. The molecule has 152 valence electrons. The van der Waals surface area contributed by atoms with Crippen LogP contribution in [0, 0.1) is 11.6 Å². The Labute approximate surface area is 168 Å². The van der Waals surface area contributed by atoms with Crippen molar-refractivity contribution in [1.29, 1.82) is 0 Å². The number of rotatable bonds is 5. The molecule has 1 amide bonds. The Morgan fingerprint density at radius 2 is 1.97 bits per heavy atom. The SMILES string of the molecule is Cn1cnc(-c2cc(Cl)c(F)c(C(=O)NNS(=O)(=O)c3cccc(O)c3F)c2)c1. The molecular formula is C17H13ClF2N4O4S. The van der Waals surface area contributed by atoms with E-state index in [1.165, 1.54) is 12.4 Å². The minimum absolute atomic E-state index is 0.323. The number of hydrazine groups is 1. The summed E-state index contributed by atoms with van der Waals surface area (Å²) in [4.78, 5) is 17.1. The van der Waals surface area contributed by atoms with Gasteiger partial charge in [-0.25, -0.2) is 22.2 Å². The molecule has 0 fully saturated rings. The number of sulfonamides is 1. The van der Waals surface area contributed by atoms with E-state index in [2.05, 4.69) is 4.98 Å². The van der Waals surface area contributed by atoms with Gasteiger partial charge in [0.25, 0.3) is 15.9 Å². The van der Waals surface area contributed by atoms with Crippen LogP contribution in [0.4, 0.5) is 8.78 Å². The van der Waals surface area contributed by atoms with Crippen molar-refractivity contribution >= 4 is 27.5 Å². The first-order valence-electron chi connectivity index (χ1n) is 7.87. The molecule has 0 aliphatic rings. The number of amides is 1. The van der Waals surface area contributed by atoms with Crippen molar-refractivity contribution in [1.82, 2.24) is 19.8 Å². The van der Waals surface area contributed by atoms with Crippen LogP contribution < -0.4 is 10.3 Å². The number of carbonyl (C=O) groups excluding carboxylic acids is 1. The van der Waals surface area contributed by atoms with Crippen molar-refractivity contribution in [2.45, 2.75) is 4.90 Å². The first-order chi connectivity index (χ1) is 13.6. The van der Waals surface area contributed by atoms with Gasteiger partial charge in [0.2, 0.25) is 0 Å². The second kappa shape index (κ2) is 7.78. The maximum atomic E-state index is 14.3. The highest BCUT2D eigenvalue weighted by atomic mass is 35.5. The van der Waals surface area contributed by atoms with Crippen LogP contribution in [-0.2, 0) is 17.1 Å². The maximum Gasteiger partial charge on any atom is 0.269 e. The van der Waals surface area contributed by atoms with Gasteiger partial charge in [-0.1, -0.05) is 17.7 Å². The molecule has 3 aromatic rings. The summed E-state index contributed by atoms with van der Waals surface area (Å²) in [7, 11) is -2.87. The van der Waals surface area contributed by atoms with Gasteiger partial charge in [-0.05, 0) is 24.3 Å². The Morgan fingerprint density at radius 3 is 2.62 bits per heavy atom. The van der Waals surface area contributed by atoms with E-state index in [4.69, 9.17) is 11.6 Å². The number of carbonyl (C=O) groups is 1. The molecule has 2 aromatic carbocycles. The Bertz CT molecular complexity index is 1210. The van der Waals surface area contributed by atoms with Gasteiger partial charge in [0, 0.05) is 18.8 Å². The van der Waals surface area contributed by atoms with Crippen LogP contribution in [0.15, 0.2) is 47.8 Å². The van der Waals surface area contributed by atoms with Gasteiger partial charge < -0.3 is 9.67 Å². The molecule has 1 heterocycles. The van der Waals surface area contributed by atoms with Crippen LogP contribution in [0.3, 0.4) is 0 Å². The van der Waals surface area contributed by atoms with Crippen molar-refractivity contribution < 1.29 is 27.1 Å². The van der Waals surface area contributed by atoms with Gasteiger partial charge in [-0.15, -0.1) is 4.83 Å². The van der Waals surface area contributed by atoms with E-state index in [1.54, 1.807) is 28.1 Å². The molecule has 8 nitrogen and oxygen atoms in total. The number of aromatic nitrogens is 2. The number of aryl methyl sites for hydroxylation is 1. The fourth-order valence-electron chi connectivity index (χ4n) is 2.41. The zero-order valence-electron chi connectivity index (χ0n) is 14.6. The highest BCUT2D eigenvalue weighted by molar-refractivity contribution is 7.89. The van der Waals surface area contributed by atoms with Crippen molar-refractivity contribution in [2.24, 2.45) is 7.05 Å². The largest absolute Gasteiger partial charge is 0.505 e. The molecular weight excluding hydrogens is 430 g/mol. The summed E-state index contributed by atoms with van der Waals surface area (Å²) in [6.07, 6.45) is 3.10. The summed E-state index contributed by atoms with van der Waals surface area (Å²) in [5.74, 6) is -4.54. The normalized spacial score (nSPS) is 11.4. The third kappa shape index (κ3) is 4.21. The predicted molar refractivity (Wildman–Crippen MR) is 99.5 cm³/mol. The molecule has 12 heteroatoms. The Balaban J connectivity index is 1.87. The molecule has 0 unspecified atom stereocenters. The van der Waals surface area contributed by atoms with Gasteiger partial charge in [-0.2, -0.15) is 0 Å². The fourth-order valence-corrected chi connectivity index (χ4v) is 3.56. The second-order valence-electron chi connectivity index (χ2n) is 5.89. The number of benzene rings is 2. The van der Waals surface area contributed by atoms with E-state index < -0.39 is 43.8 Å². The Kier molecular flexibility index (Phi) is 5.55. The lowest BCUT2D eigenvalue weighted by atomic mass is 10.1. The lowest BCUT2D eigenvalue weighted by molar-refractivity contribution is 0.0941. The van der Waals surface area contributed by atoms with Gasteiger partial charge in [0.15, 0.2) is 17.4 Å². The van der Waals surface area contributed by atoms with Crippen LogP contribution in [0.5, 0.6) is 5.75 Å². The van der Waals surface area contributed by atoms with Gasteiger partial charge in [0.1, 0.15) is 4.90 Å². The summed E-state index contributed by atoms with van der Waals surface area (Å²) >= 11 is 5.84. The predicted octanol–water partition coefficient (Wildman–Crippen LogP) is 2.35. The fraction of sp³-hybridized carbons (Fsp3) is 0.0588. The molecule has 0 saturated carbocycles. The molecule has 3 N–H and O–H groups in total. The van der Waals surface area contributed by atoms with Crippen LogP contribution in [-0.4, -0.2) is 29.0 Å². The van der Waals surface area contributed by atoms with E-state index >= 15 is 0 Å². The van der Waals surface area contributed by atoms with Crippen LogP contribution >= 0.6 is 11.6 Å². The lowest BCUT2D eigenvalue weighted by Crippen LogP contribution is -2.42. The molecule has 29 heavy (non-hydrogen) atoms. The van der Waals surface area contributed by atoms with Crippen molar-refractivity contribution in [3.8, 4) is 17.0 Å². The number of hydrogen-bond acceptors (Lipinski definition) is 5. The average Bonchev–Trinajstić information content (AvgIpc) is 3.10. The number of hydrogen-bond donors (Lipinski definition) is 3. The van der Waals surface area contributed by atoms with Gasteiger partial charge >= 0.3 is 0 Å². The minimum Gasteiger partial charge on any atom is -0.505 e. The number of halogens is 3. The zero-order valence-corrected chi connectivity index (χ0v) is 16.2. The number of imidazole rings is 1. The molecule has 3 rings (SSSR count). The van der Waals surface area contributed by atoms with Crippen LogP contribution in [0.25, 0.3) is 11.3 Å². The first kappa shape index (κ1) is 20.7. The molecule has 0 radical (unpaired) electrons. The monoisotopic (exact) mass is 442 g/mol. The van der Waals surface area contributed by atoms with Gasteiger partial charge in [0.05, 0.1) is 22.6 Å². The van der Waals surface area contributed by atoms with E-state index in [1.807, 2.05) is 0 Å². The van der Waals surface area contributed by atoms with Crippen LogP contribution in [0.2, 0.25) is 5.02 Å². The Hall–Kier alpha value is -3.02. The number of nitrogens with zero attached hydrogens (tertiary/aromatic N) is 2. The average molecular weight is 443 g/mol. The quantitative estimate of drug-likeness (QED) is 0.525. The molecule has 0 atom stereocenters. The number of nitrogens with one attached hydrogen (secondary N) is 2. The third-order valence-corrected chi connectivity index (χ3v) is 5.34. The smallest absolute Gasteiger partial charge is 0.269 e. The van der Waals surface area contributed by atoms with E-state index in [0.29, 0.717) is 11.3 Å². The van der Waals surface area contributed by atoms with E-state index in [-0.39, 0.29) is 5.02 Å². The maximum absolute atomic E-state index is 14.3. The molecule has 0 bridgehead atoms. The molecule has 0 saturated heterocycles. The number of aromatic hydroxyl groups is 1. The zero-order chi connectivity index (χ0) is 21.3. The van der Waals surface area contributed by atoms with Crippen molar-refractivity contribution in [2.75, 3.05) is 0 Å². The highest BCUT2D eigenvalue weighted by Gasteiger charge is 2.24. The van der Waals surface area contributed by atoms with E-state index in [0.717, 1.165) is 24.3 Å². The lowest BCUT2D eigenvalue weighted by Gasteiger charge is -2.11. The van der Waals surface area contributed by atoms with Gasteiger partial charge in [-0.3, -0.25) is 10.2 Å². The number of phenols is 1. The van der Waals surface area contributed by atoms with Crippen molar-refractivity contribution in [3.63, 3.8) is 0 Å². The number of phenolic OH excluding ortho intramolecular Hbond substituents is 1. The van der Waals surface area contributed by atoms with E-state index in [9.17, 15) is 27.1 Å². The summed E-state index contributed by atoms with van der Waals surface area (Å²) < 4.78 is 54.1. The molecule has 0 aliphatic heterocycles. The van der Waals surface area contributed by atoms with Crippen molar-refractivity contribution in [3.05, 3.63) is 65.1 Å². The Morgan fingerprint density at radius 1 is 1.24 bits per heavy atom. The minimum atomic E-state index is -4.59.